The van der Waals surface area contributed by atoms with E-state index >= 15 is 0 Å². The number of anilines is 2. The van der Waals surface area contributed by atoms with Gasteiger partial charge in [-0.05, 0) is 30.3 Å². The number of hydrogen-bond acceptors (Lipinski definition) is 6. The van der Waals surface area contributed by atoms with Gasteiger partial charge in [-0.15, -0.1) is 11.3 Å². The highest BCUT2D eigenvalue weighted by Gasteiger charge is 2.25. The van der Waals surface area contributed by atoms with Crippen molar-refractivity contribution in [1.29, 1.82) is 0 Å². The van der Waals surface area contributed by atoms with Gasteiger partial charge in [-0.1, -0.05) is 54.0 Å². The Bertz CT molecular complexity index is 1370. The molecule has 0 radical (unpaired) electrons. The third kappa shape index (κ3) is 5.11. The van der Waals surface area contributed by atoms with Gasteiger partial charge in [0.1, 0.15) is 15.0 Å². The Morgan fingerprint density at radius 2 is 1.58 bits per heavy atom. The Hall–Kier alpha value is -1.95. The smallest absolute Gasteiger partial charge is 0.295 e. The third-order valence-corrected chi connectivity index (χ3v) is 8.40. The molecule has 0 aliphatic carbocycles. The standard InChI is InChI=1S/C18H13Cl3N2O5S3/c1-3-10-7-17(28-14(10)4-2)31(26,27)23-13-8-11(19)5-6-12(13)22-30(24,25)15-9-16(20)29-18(15)21/h3-9,22-23H,1-2H2. The minimum absolute atomic E-state index is 0.0434. The average Bonchev–Trinajstić information content (AvgIpc) is 3.26. The van der Waals surface area contributed by atoms with Crippen molar-refractivity contribution in [3.8, 4) is 0 Å². The zero-order chi connectivity index (χ0) is 23.0. The van der Waals surface area contributed by atoms with E-state index in [2.05, 4.69) is 22.6 Å². The van der Waals surface area contributed by atoms with Crippen molar-refractivity contribution < 1.29 is 21.3 Å². The third-order valence-electron chi connectivity index (χ3n) is 3.82. The lowest BCUT2D eigenvalue weighted by Crippen LogP contribution is -2.17. The number of hydrogen-bond donors (Lipinski definition) is 2. The van der Waals surface area contributed by atoms with Crippen LogP contribution in [0.5, 0.6) is 0 Å². The second-order valence-corrected chi connectivity index (χ2v) is 11.9. The van der Waals surface area contributed by atoms with Crippen molar-refractivity contribution in [3.05, 3.63) is 68.5 Å². The van der Waals surface area contributed by atoms with Crippen LogP contribution in [-0.4, -0.2) is 16.8 Å². The van der Waals surface area contributed by atoms with Crippen LogP contribution in [0.4, 0.5) is 11.4 Å². The molecule has 7 nitrogen and oxygen atoms in total. The number of thiophene rings is 1. The summed E-state index contributed by atoms with van der Waals surface area (Å²) in [7, 11) is -8.42. The van der Waals surface area contributed by atoms with Gasteiger partial charge in [0.25, 0.3) is 20.0 Å². The van der Waals surface area contributed by atoms with Crippen LogP contribution in [0.25, 0.3) is 12.2 Å². The molecule has 0 saturated carbocycles. The first kappa shape index (κ1) is 23.7. The molecule has 3 rings (SSSR count). The summed E-state index contributed by atoms with van der Waals surface area (Å²) in [6, 6.07) is 6.37. The number of halogens is 3. The lowest BCUT2D eigenvalue weighted by atomic mass is 10.2. The summed E-state index contributed by atoms with van der Waals surface area (Å²) in [4.78, 5) is -0.245. The van der Waals surface area contributed by atoms with E-state index in [0.29, 0.717) is 5.56 Å². The second kappa shape index (κ2) is 8.89. The fourth-order valence-corrected chi connectivity index (χ4v) is 6.88. The summed E-state index contributed by atoms with van der Waals surface area (Å²) in [6.45, 7) is 7.14. The fraction of sp³-hybridized carbons (Fsp3) is 0. The van der Waals surface area contributed by atoms with Crippen molar-refractivity contribution in [1.82, 2.24) is 0 Å². The van der Waals surface area contributed by atoms with E-state index in [0.717, 1.165) is 11.3 Å². The molecule has 0 aliphatic rings. The Morgan fingerprint density at radius 1 is 0.903 bits per heavy atom. The molecule has 0 saturated heterocycles. The number of sulfonamides is 2. The topological polar surface area (TPSA) is 105 Å². The maximum absolute atomic E-state index is 12.8. The van der Waals surface area contributed by atoms with Crippen molar-refractivity contribution >= 4 is 89.7 Å². The van der Waals surface area contributed by atoms with E-state index in [1.807, 2.05) is 0 Å². The lowest BCUT2D eigenvalue weighted by molar-refractivity contribution is 0.445. The van der Waals surface area contributed by atoms with Crippen LogP contribution >= 0.6 is 46.1 Å². The Kier molecular flexibility index (Phi) is 6.80. The predicted molar refractivity (Wildman–Crippen MR) is 126 cm³/mol. The van der Waals surface area contributed by atoms with E-state index in [9.17, 15) is 16.8 Å². The van der Waals surface area contributed by atoms with Crippen molar-refractivity contribution in [2.24, 2.45) is 0 Å². The van der Waals surface area contributed by atoms with Crippen molar-refractivity contribution in [2.75, 3.05) is 9.44 Å². The van der Waals surface area contributed by atoms with Gasteiger partial charge in [-0.25, -0.2) is 8.42 Å². The molecule has 0 amide bonds. The summed E-state index contributed by atoms with van der Waals surface area (Å²) in [6.07, 6.45) is 2.75. The first-order valence-electron chi connectivity index (χ1n) is 8.15. The molecule has 0 atom stereocenters. The quantitative estimate of drug-likeness (QED) is 0.355. The summed E-state index contributed by atoms with van der Waals surface area (Å²) in [5.41, 5.74) is 0.197. The Labute approximate surface area is 198 Å². The van der Waals surface area contributed by atoms with Crippen LogP contribution in [0.1, 0.15) is 11.3 Å². The van der Waals surface area contributed by atoms with Gasteiger partial charge in [-0.3, -0.25) is 9.44 Å². The molecule has 31 heavy (non-hydrogen) atoms. The molecule has 2 aromatic heterocycles. The fourth-order valence-electron chi connectivity index (χ4n) is 2.44. The molecular weight excluding hydrogens is 527 g/mol. The van der Waals surface area contributed by atoms with Crippen LogP contribution in [-0.2, 0) is 20.0 Å². The molecule has 164 valence electrons. The largest absolute Gasteiger partial charge is 0.443 e. The van der Waals surface area contributed by atoms with Crippen LogP contribution in [0, 0.1) is 0 Å². The molecule has 2 heterocycles. The van der Waals surface area contributed by atoms with E-state index < -0.39 is 25.1 Å². The Balaban J connectivity index is 2.00. The minimum atomic E-state index is -4.25. The molecular formula is C18H13Cl3N2O5S3. The number of nitrogens with one attached hydrogen (secondary N) is 2. The van der Waals surface area contributed by atoms with E-state index in [1.54, 1.807) is 0 Å². The van der Waals surface area contributed by atoms with Crippen molar-refractivity contribution in [3.63, 3.8) is 0 Å². The van der Waals surface area contributed by atoms with Crippen molar-refractivity contribution in [2.45, 2.75) is 9.99 Å². The number of rotatable bonds is 8. The molecule has 2 N–H and O–H groups in total. The van der Waals surface area contributed by atoms with Gasteiger partial charge < -0.3 is 4.42 Å². The maximum atomic E-state index is 12.8. The molecule has 0 fully saturated rings. The minimum Gasteiger partial charge on any atom is -0.443 e. The van der Waals surface area contributed by atoms with Gasteiger partial charge >= 0.3 is 0 Å². The lowest BCUT2D eigenvalue weighted by Gasteiger charge is -2.14. The van der Waals surface area contributed by atoms with Crippen LogP contribution < -0.4 is 9.44 Å². The van der Waals surface area contributed by atoms with E-state index in [4.69, 9.17) is 39.2 Å². The highest BCUT2D eigenvalue weighted by atomic mass is 35.5. The zero-order valence-corrected chi connectivity index (χ0v) is 20.1. The zero-order valence-electron chi connectivity index (χ0n) is 15.4. The maximum Gasteiger partial charge on any atom is 0.295 e. The molecule has 0 spiro atoms. The average molecular weight is 540 g/mol. The summed E-state index contributed by atoms with van der Waals surface area (Å²) < 4.78 is 61.1. The molecule has 3 aromatic rings. The van der Waals surface area contributed by atoms with Gasteiger partial charge in [0, 0.05) is 16.7 Å². The van der Waals surface area contributed by atoms with E-state index in [-0.39, 0.29) is 35.7 Å². The number of furan rings is 1. The van der Waals surface area contributed by atoms with Gasteiger partial charge in [0.2, 0.25) is 5.09 Å². The Morgan fingerprint density at radius 3 is 2.13 bits per heavy atom. The molecule has 0 unspecified atom stereocenters. The first-order valence-corrected chi connectivity index (χ1v) is 13.1. The molecule has 1 aromatic carbocycles. The highest BCUT2D eigenvalue weighted by molar-refractivity contribution is 7.93. The molecule has 13 heteroatoms. The summed E-state index contributed by atoms with van der Waals surface area (Å²) in [5, 5.41) is -0.256. The van der Waals surface area contributed by atoms with Gasteiger partial charge in [0.15, 0.2) is 0 Å². The van der Waals surface area contributed by atoms with Gasteiger partial charge in [0.05, 0.1) is 15.7 Å². The summed E-state index contributed by atoms with van der Waals surface area (Å²) in [5.74, 6) is 0.214. The number of benzene rings is 1. The predicted octanol–water partition coefficient (Wildman–Crippen LogP) is 6.19. The SMILES string of the molecule is C=Cc1cc(S(=O)(=O)Nc2cc(Cl)ccc2NS(=O)(=O)c2cc(Cl)sc2Cl)oc1C=C. The summed E-state index contributed by atoms with van der Waals surface area (Å²) >= 11 is 18.6. The van der Waals surface area contributed by atoms with E-state index in [1.165, 1.54) is 42.5 Å². The van der Waals surface area contributed by atoms with Crippen LogP contribution in [0.3, 0.4) is 0 Å². The monoisotopic (exact) mass is 538 g/mol. The van der Waals surface area contributed by atoms with Gasteiger partial charge in [-0.2, -0.15) is 8.42 Å². The normalized spacial score (nSPS) is 11.8. The highest BCUT2D eigenvalue weighted by Crippen LogP contribution is 2.37. The van der Waals surface area contributed by atoms with Crippen LogP contribution in [0.15, 0.2) is 57.9 Å². The van der Waals surface area contributed by atoms with Crippen LogP contribution in [0.2, 0.25) is 13.7 Å². The molecule has 0 aliphatic heterocycles. The molecule has 0 bridgehead atoms. The second-order valence-electron chi connectivity index (χ2n) is 5.88. The first-order chi connectivity index (χ1) is 14.5.